The molecule has 40 heavy (non-hydrogen) atoms. The minimum absolute atomic E-state index is 0. The Morgan fingerprint density at radius 1 is 0.500 bits per heavy atom. The Morgan fingerprint density at radius 2 is 0.775 bits per heavy atom. The van der Waals surface area contributed by atoms with E-state index in [0.717, 1.165) is 22.3 Å². The summed E-state index contributed by atoms with van der Waals surface area (Å²) in [6.07, 6.45) is 7.08. The molecule has 0 aliphatic heterocycles. The minimum Gasteiger partial charge on any atom is -1.00 e. The van der Waals surface area contributed by atoms with Gasteiger partial charge in [-0.1, -0.05) is 108 Å². The zero-order valence-corrected chi connectivity index (χ0v) is 28.6. The molecule has 12 heteroatoms. The van der Waals surface area contributed by atoms with E-state index in [1.807, 2.05) is 60.7 Å². The van der Waals surface area contributed by atoms with E-state index in [-0.39, 0.29) is 81.8 Å². The Labute approximate surface area is 290 Å². The number of benzene rings is 4. The quantitative estimate of drug-likeness (QED) is 0.182. The average Bonchev–Trinajstić information content (AvgIpc) is 2.87. The average molecular weight is 635 g/mol. The molecule has 6 nitrogen and oxygen atoms in total. The fraction of sp³-hybridized carbons (Fsp3) is 0. The molecule has 0 aromatic heterocycles. The second-order valence-corrected chi connectivity index (χ2v) is 11.8. The van der Waals surface area contributed by atoms with E-state index < -0.39 is 20.2 Å². The maximum absolute atomic E-state index is 11.4. The zero-order chi connectivity index (χ0) is 27.5. The van der Waals surface area contributed by atoms with Gasteiger partial charge in [-0.3, -0.25) is 9.11 Å². The fourth-order valence-electron chi connectivity index (χ4n) is 3.60. The van der Waals surface area contributed by atoms with Gasteiger partial charge in [-0.05, 0) is 57.6 Å². The van der Waals surface area contributed by atoms with Crippen LogP contribution in [0.1, 0.15) is 25.1 Å². The first kappa shape index (κ1) is 35.0. The Bertz CT molecular complexity index is 1650. The summed E-state index contributed by atoms with van der Waals surface area (Å²) in [6.45, 7) is 0. The Morgan fingerprint density at radius 3 is 1.07 bits per heavy atom. The molecular weight excluding hydrogens is 613 g/mol. The molecule has 0 amide bonds. The van der Waals surface area contributed by atoms with Crippen molar-refractivity contribution >= 4 is 67.7 Å². The third-order valence-corrected chi connectivity index (χ3v) is 8.23. The van der Waals surface area contributed by atoms with Gasteiger partial charge < -0.3 is 2.85 Å². The molecule has 0 spiro atoms. The van der Waals surface area contributed by atoms with Crippen LogP contribution < -0.4 is 59.1 Å². The predicted molar refractivity (Wildman–Crippen MR) is 154 cm³/mol. The summed E-state index contributed by atoms with van der Waals surface area (Å²) in [5.74, 6) is 0. The van der Waals surface area contributed by atoms with Crippen LogP contribution in [-0.2, 0) is 20.2 Å². The first-order chi connectivity index (χ1) is 17.9. The molecule has 4 rings (SSSR count). The maximum Gasteiger partial charge on any atom is 1.00 e. The van der Waals surface area contributed by atoms with Gasteiger partial charge in [0, 0.05) is 0 Å². The van der Waals surface area contributed by atoms with Gasteiger partial charge in [0.2, 0.25) is 0 Å². The van der Waals surface area contributed by atoms with Crippen LogP contribution in [0.25, 0.3) is 35.4 Å². The third-order valence-electron chi connectivity index (χ3n) is 5.56. The smallest absolute Gasteiger partial charge is 1.00 e. The molecule has 0 saturated heterocycles. The van der Waals surface area contributed by atoms with Gasteiger partial charge in [0.05, 0.1) is 10.0 Å². The molecule has 198 valence electrons. The largest absolute Gasteiger partial charge is 1.00 e. The van der Waals surface area contributed by atoms with E-state index in [2.05, 4.69) is 0 Å². The van der Waals surface area contributed by atoms with Crippen LogP contribution in [0, 0.1) is 0 Å². The third kappa shape index (κ3) is 9.39. The van der Waals surface area contributed by atoms with Crippen molar-refractivity contribution in [2.45, 2.75) is 9.79 Å². The van der Waals surface area contributed by atoms with E-state index in [9.17, 15) is 25.9 Å². The number of halogens is 2. The van der Waals surface area contributed by atoms with E-state index in [0.29, 0.717) is 11.1 Å². The zero-order valence-electron chi connectivity index (χ0n) is 23.5. The molecule has 0 aliphatic carbocycles. The van der Waals surface area contributed by atoms with E-state index in [1.165, 1.54) is 24.3 Å². The SMILES string of the molecule is O=S(=O)(O)c1cc(/C=C/c2ccc(-c3ccc(/C=C/c4ccc(Cl)c(S(=O)(=O)O)c4)cc3)cc2)ccc1Cl.[H-].[H-].[Na+].[Na+]. The molecule has 4 aromatic carbocycles. The monoisotopic (exact) mass is 634 g/mol. The molecule has 0 atom stereocenters. The first-order valence-corrected chi connectivity index (χ1v) is 14.6. The van der Waals surface area contributed by atoms with Crippen LogP contribution in [0.3, 0.4) is 0 Å². The summed E-state index contributed by atoms with van der Waals surface area (Å²) < 4.78 is 64.3. The van der Waals surface area contributed by atoms with Gasteiger partial charge >= 0.3 is 59.1 Å². The van der Waals surface area contributed by atoms with Crippen molar-refractivity contribution in [3.8, 4) is 11.1 Å². The number of hydrogen-bond acceptors (Lipinski definition) is 4. The predicted octanol–water partition coefficient (Wildman–Crippen LogP) is 1.73. The Hall–Kier alpha value is -1.24. The number of hydrogen-bond donors (Lipinski definition) is 2. The van der Waals surface area contributed by atoms with Crippen molar-refractivity contribution in [1.29, 1.82) is 0 Å². The van der Waals surface area contributed by atoms with Crippen LogP contribution in [0.4, 0.5) is 0 Å². The normalized spacial score (nSPS) is 11.8. The van der Waals surface area contributed by atoms with Crippen molar-refractivity contribution in [3.63, 3.8) is 0 Å². The summed E-state index contributed by atoms with van der Waals surface area (Å²) in [6, 6.07) is 24.3. The second kappa shape index (κ2) is 14.8. The van der Waals surface area contributed by atoms with Crippen LogP contribution in [0.15, 0.2) is 94.7 Å². The van der Waals surface area contributed by atoms with Gasteiger partial charge in [-0.15, -0.1) is 0 Å². The van der Waals surface area contributed by atoms with Crippen molar-refractivity contribution in [1.82, 2.24) is 0 Å². The summed E-state index contributed by atoms with van der Waals surface area (Å²) in [4.78, 5) is -0.683. The fourth-order valence-corrected chi connectivity index (χ4v) is 5.62. The van der Waals surface area contributed by atoms with Crippen LogP contribution in [0.2, 0.25) is 10.0 Å². The van der Waals surface area contributed by atoms with Crippen molar-refractivity contribution < 1.29 is 87.9 Å². The van der Waals surface area contributed by atoms with Crippen molar-refractivity contribution in [2.24, 2.45) is 0 Å². The maximum atomic E-state index is 11.4. The van der Waals surface area contributed by atoms with E-state index >= 15 is 0 Å². The molecule has 0 aliphatic rings. The standard InChI is InChI=1S/C28H20Cl2O6S2.2Na.2H/c29-25-15-9-21(17-27(25)37(31,32)33)3-1-19-5-11-23(12-6-19)24-13-7-20(8-14-24)2-4-22-10-16-26(30)28(18-22)38(34,35)36;;;;/h1-18H,(H,31,32,33)(H,34,35,36);;;;/q;2*+1;2*-1/b3-1+,4-2+;;;;. The summed E-state index contributed by atoms with van der Waals surface area (Å²) in [5.41, 5.74) is 4.92. The van der Waals surface area contributed by atoms with E-state index in [4.69, 9.17) is 23.2 Å². The summed E-state index contributed by atoms with van der Waals surface area (Å²) in [5, 5.41) is -0.0986. The Kier molecular flexibility index (Phi) is 12.9. The summed E-state index contributed by atoms with van der Waals surface area (Å²) >= 11 is 11.7. The molecule has 0 saturated carbocycles. The molecule has 0 heterocycles. The molecular formula is C28H22Cl2Na2O6S2. The van der Waals surface area contributed by atoms with Gasteiger partial charge in [-0.25, -0.2) is 0 Å². The molecule has 2 N–H and O–H groups in total. The van der Waals surface area contributed by atoms with Gasteiger partial charge in [0.1, 0.15) is 9.79 Å². The first-order valence-electron chi connectivity index (χ1n) is 11.0. The van der Waals surface area contributed by atoms with Gasteiger partial charge in [-0.2, -0.15) is 16.8 Å². The molecule has 0 bridgehead atoms. The van der Waals surface area contributed by atoms with Crippen LogP contribution in [0.5, 0.6) is 0 Å². The van der Waals surface area contributed by atoms with Gasteiger partial charge in [0.25, 0.3) is 20.2 Å². The van der Waals surface area contributed by atoms with Crippen molar-refractivity contribution in [2.75, 3.05) is 0 Å². The van der Waals surface area contributed by atoms with Gasteiger partial charge in [0.15, 0.2) is 0 Å². The summed E-state index contributed by atoms with van der Waals surface area (Å²) in [7, 11) is -8.82. The number of rotatable bonds is 7. The van der Waals surface area contributed by atoms with Crippen LogP contribution >= 0.6 is 23.2 Å². The topological polar surface area (TPSA) is 109 Å². The molecule has 0 fully saturated rings. The Balaban J connectivity index is 0.00000420. The van der Waals surface area contributed by atoms with Crippen LogP contribution in [-0.4, -0.2) is 25.9 Å². The molecule has 0 unspecified atom stereocenters. The second-order valence-electron chi connectivity index (χ2n) is 8.24. The minimum atomic E-state index is -4.41. The molecule has 0 radical (unpaired) electrons. The van der Waals surface area contributed by atoms with Crippen molar-refractivity contribution in [3.05, 3.63) is 117 Å². The van der Waals surface area contributed by atoms with E-state index in [1.54, 1.807) is 24.3 Å². The molecule has 4 aromatic rings.